The largest absolute Gasteiger partial charge is 0.726 e. The van der Waals surface area contributed by atoms with E-state index in [2.05, 4.69) is 18.9 Å². The zero-order valence-electron chi connectivity index (χ0n) is 8.73. The molecule has 1 aliphatic rings. The van der Waals surface area contributed by atoms with Gasteiger partial charge in [-0.05, 0) is 5.53 Å². The van der Waals surface area contributed by atoms with E-state index in [4.69, 9.17) is 5.53 Å². The summed E-state index contributed by atoms with van der Waals surface area (Å²) in [4.78, 5) is 2.34. The second-order valence-corrected chi connectivity index (χ2v) is 4.49. The third-order valence-electron chi connectivity index (χ3n) is 2.25. The highest BCUT2D eigenvalue weighted by atomic mass is 32.3. The molecule has 5 atom stereocenters. The average molecular weight is 284 g/mol. The third-order valence-corrected chi connectivity index (χ3v) is 2.67. The molecule has 0 radical (unpaired) electrons. The molecule has 0 amide bonds. The molecule has 0 bridgehead atoms. The molecule has 104 valence electrons. The molecule has 1 rings (SSSR count). The lowest BCUT2D eigenvalue weighted by molar-refractivity contribution is -0.247. The summed E-state index contributed by atoms with van der Waals surface area (Å²) in [6, 6.07) is -1.45. The van der Waals surface area contributed by atoms with Gasteiger partial charge >= 0.3 is 0 Å². The molecule has 0 saturated carbocycles. The van der Waals surface area contributed by atoms with Crippen molar-refractivity contribution in [2.75, 3.05) is 6.61 Å². The lowest BCUT2D eigenvalue weighted by Crippen LogP contribution is -2.58. The number of nitrogens with zero attached hydrogens (tertiary/aromatic N) is 3. The summed E-state index contributed by atoms with van der Waals surface area (Å²) in [6.07, 6.45) is -6.59. The van der Waals surface area contributed by atoms with Crippen LogP contribution in [-0.4, -0.2) is 65.5 Å². The molecule has 0 aromatic heterocycles. The predicted octanol–water partition coefficient (Wildman–Crippen LogP) is -2.42. The Bertz CT molecular complexity index is 434. The highest BCUT2D eigenvalue weighted by Crippen LogP contribution is 2.22. The van der Waals surface area contributed by atoms with Crippen molar-refractivity contribution in [3.05, 3.63) is 10.4 Å². The quantitative estimate of drug-likeness (QED) is 0.167. The maximum absolute atomic E-state index is 10.2. The molecule has 3 N–H and O–H groups in total. The van der Waals surface area contributed by atoms with Crippen LogP contribution < -0.4 is 0 Å². The normalized spacial score (nSPS) is 37.0. The topological polar surface area (TPSA) is 185 Å². The Hall–Kier alpha value is -0.980. The van der Waals surface area contributed by atoms with Gasteiger partial charge in [0, 0.05) is 4.91 Å². The van der Waals surface area contributed by atoms with E-state index >= 15 is 0 Å². The number of azide groups is 1. The number of ether oxygens (including phenoxy) is 1. The van der Waals surface area contributed by atoms with Crippen LogP contribution in [0.3, 0.4) is 0 Å². The lowest BCUT2D eigenvalue weighted by Gasteiger charge is -2.38. The van der Waals surface area contributed by atoms with Crippen molar-refractivity contribution in [3.8, 4) is 0 Å². The van der Waals surface area contributed by atoms with Gasteiger partial charge in [-0.3, -0.25) is 4.18 Å². The summed E-state index contributed by atoms with van der Waals surface area (Å²) in [5, 5.41) is 31.4. The van der Waals surface area contributed by atoms with Crippen molar-refractivity contribution in [2.45, 2.75) is 30.6 Å². The van der Waals surface area contributed by atoms with Crippen molar-refractivity contribution < 1.29 is 37.2 Å². The van der Waals surface area contributed by atoms with Gasteiger partial charge in [0.1, 0.15) is 18.2 Å². The highest BCUT2D eigenvalue weighted by Gasteiger charge is 2.43. The van der Waals surface area contributed by atoms with E-state index < -0.39 is 47.6 Å². The Morgan fingerprint density at radius 3 is 2.50 bits per heavy atom. The molecule has 11 nitrogen and oxygen atoms in total. The summed E-state index contributed by atoms with van der Waals surface area (Å²) in [6.45, 7) is -0.885. The van der Waals surface area contributed by atoms with Crippen LogP contribution in [0.2, 0.25) is 0 Å². The second-order valence-electron chi connectivity index (χ2n) is 3.43. The summed E-state index contributed by atoms with van der Waals surface area (Å²) < 4.78 is 39.1. The van der Waals surface area contributed by atoms with E-state index in [1.807, 2.05) is 0 Å². The first-order chi connectivity index (χ1) is 8.26. The van der Waals surface area contributed by atoms with E-state index in [-0.39, 0.29) is 0 Å². The molecule has 0 aromatic carbocycles. The second kappa shape index (κ2) is 5.77. The van der Waals surface area contributed by atoms with E-state index in [1.165, 1.54) is 0 Å². The monoisotopic (exact) mass is 284 g/mol. The first-order valence-corrected chi connectivity index (χ1v) is 5.93. The van der Waals surface area contributed by atoms with Crippen molar-refractivity contribution in [3.63, 3.8) is 0 Å². The van der Waals surface area contributed by atoms with Crippen LogP contribution in [0.25, 0.3) is 10.4 Å². The Kier molecular flexibility index (Phi) is 4.84. The zero-order chi connectivity index (χ0) is 13.9. The van der Waals surface area contributed by atoms with Crippen LogP contribution in [-0.2, 0) is 19.3 Å². The number of hydrogen-bond acceptors (Lipinski definition) is 9. The van der Waals surface area contributed by atoms with Crippen molar-refractivity contribution in [1.29, 1.82) is 0 Å². The maximum Gasteiger partial charge on any atom is 0.217 e. The van der Waals surface area contributed by atoms with E-state index in [9.17, 15) is 28.3 Å². The molecule has 1 heterocycles. The van der Waals surface area contributed by atoms with Crippen molar-refractivity contribution in [1.82, 2.24) is 0 Å². The van der Waals surface area contributed by atoms with Crippen LogP contribution in [0.4, 0.5) is 0 Å². The SMILES string of the molecule is [N-]=[N+]=NC1C(O)OC(COS(=O)(=O)[O-])[C@@H](O)[C@@H]1O. The Labute approximate surface area is 101 Å². The fourth-order valence-electron chi connectivity index (χ4n) is 1.40. The predicted molar refractivity (Wildman–Crippen MR) is 51.5 cm³/mol. The van der Waals surface area contributed by atoms with Gasteiger partial charge in [0.15, 0.2) is 6.29 Å². The van der Waals surface area contributed by atoms with Gasteiger partial charge in [-0.15, -0.1) is 0 Å². The van der Waals surface area contributed by atoms with E-state index in [0.717, 1.165) is 0 Å². The van der Waals surface area contributed by atoms with Crippen LogP contribution in [0.15, 0.2) is 5.11 Å². The fraction of sp³-hybridized carbons (Fsp3) is 1.00. The standard InChI is InChI=1S/C6H11N3O8S/c7-9-8-3-5(11)4(10)2(17-6(3)12)1-16-18(13,14)15/h2-6,10-12H,1H2,(H,13,14,15)/p-1/t2?,3?,4-,5-,6?/m1/s1. The zero-order valence-corrected chi connectivity index (χ0v) is 9.54. The van der Waals surface area contributed by atoms with E-state index in [1.54, 1.807) is 0 Å². The Morgan fingerprint density at radius 2 is 2.00 bits per heavy atom. The first-order valence-electron chi connectivity index (χ1n) is 4.60. The molecule has 18 heavy (non-hydrogen) atoms. The number of rotatable bonds is 4. The van der Waals surface area contributed by atoms with Crippen molar-refractivity contribution >= 4 is 10.4 Å². The third kappa shape index (κ3) is 3.76. The van der Waals surface area contributed by atoms with Gasteiger partial charge in [0.25, 0.3) is 0 Å². The van der Waals surface area contributed by atoms with Gasteiger partial charge in [-0.1, -0.05) is 5.11 Å². The molecule has 0 aromatic rings. The summed E-state index contributed by atoms with van der Waals surface area (Å²) in [5.41, 5.74) is 8.17. The summed E-state index contributed by atoms with van der Waals surface area (Å²) in [5.74, 6) is 0. The minimum Gasteiger partial charge on any atom is -0.726 e. The number of aliphatic hydroxyl groups is 3. The van der Waals surface area contributed by atoms with Crippen LogP contribution in [0.5, 0.6) is 0 Å². The Morgan fingerprint density at radius 1 is 1.39 bits per heavy atom. The summed E-state index contributed by atoms with van der Waals surface area (Å²) >= 11 is 0. The number of aliphatic hydroxyl groups excluding tert-OH is 3. The molecule has 12 heteroatoms. The number of hydrogen-bond donors (Lipinski definition) is 3. The molecule has 0 spiro atoms. The maximum atomic E-state index is 10.2. The van der Waals surface area contributed by atoms with Gasteiger partial charge in [-0.25, -0.2) is 8.42 Å². The lowest BCUT2D eigenvalue weighted by atomic mass is 9.98. The molecule has 1 saturated heterocycles. The molecular weight excluding hydrogens is 274 g/mol. The first kappa shape index (κ1) is 15.1. The molecule has 1 aliphatic heterocycles. The molecular formula is C6H10N3O8S-. The molecule has 3 unspecified atom stereocenters. The van der Waals surface area contributed by atoms with E-state index in [0.29, 0.717) is 0 Å². The van der Waals surface area contributed by atoms with Gasteiger partial charge in [0.05, 0.1) is 12.7 Å². The molecule has 1 fully saturated rings. The fourth-order valence-corrected chi connectivity index (χ4v) is 1.70. The Balaban J connectivity index is 2.72. The van der Waals surface area contributed by atoms with Gasteiger partial charge in [0.2, 0.25) is 10.4 Å². The minimum atomic E-state index is -4.99. The van der Waals surface area contributed by atoms with Crippen LogP contribution in [0.1, 0.15) is 0 Å². The van der Waals surface area contributed by atoms with Crippen molar-refractivity contribution in [2.24, 2.45) is 5.11 Å². The average Bonchev–Trinajstić information content (AvgIpc) is 2.26. The molecule has 0 aliphatic carbocycles. The van der Waals surface area contributed by atoms with Gasteiger partial charge in [-0.2, -0.15) is 0 Å². The van der Waals surface area contributed by atoms with Crippen LogP contribution >= 0.6 is 0 Å². The summed E-state index contributed by atoms with van der Waals surface area (Å²) in [7, 11) is -4.99. The van der Waals surface area contributed by atoms with Crippen LogP contribution in [0, 0.1) is 0 Å². The smallest absolute Gasteiger partial charge is 0.217 e. The minimum absolute atomic E-state index is 0.885. The van der Waals surface area contributed by atoms with Gasteiger partial charge < -0.3 is 24.6 Å². The highest BCUT2D eigenvalue weighted by molar-refractivity contribution is 7.80.